The first-order valence-electron chi connectivity index (χ1n) is 24.3. The van der Waals surface area contributed by atoms with Gasteiger partial charge in [-0.1, -0.05) is 184 Å². The van der Waals surface area contributed by atoms with Crippen LogP contribution in [0.1, 0.15) is 206 Å². The predicted octanol–water partition coefficient (Wildman–Crippen LogP) is 13.6. The van der Waals surface area contributed by atoms with Gasteiger partial charge >= 0.3 is 11.9 Å². The highest BCUT2D eigenvalue weighted by Crippen LogP contribution is 2.38. The molecule has 0 fully saturated rings. The van der Waals surface area contributed by atoms with E-state index in [4.69, 9.17) is 18.5 Å². The first-order valence-corrected chi connectivity index (χ1v) is 25.8. The summed E-state index contributed by atoms with van der Waals surface area (Å²) in [6, 6.07) is 0. The van der Waals surface area contributed by atoms with E-state index in [2.05, 4.69) is 62.5 Å². The Labute approximate surface area is 369 Å². The Kier molecular flexibility index (Phi) is 40.8. The molecule has 0 heterocycles. The molecule has 0 spiro atoms. The zero-order valence-electron chi connectivity index (χ0n) is 39.4. The highest BCUT2D eigenvalue weighted by molar-refractivity contribution is 7.45. The van der Waals surface area contributed by atoms with Crippen molar-refractivity contribution in [3.8, 4) is 0 Å². The highest BCUT2D eigenvalue weighted by Gasteiger charge is 2.21. The van der Waals surface area contributed by atoms with Gasteiger partial charge in [0.2, 0.25) is 0 Å². The van der Waals surface area contributed by atoms with Crippen LogP contribution < -0.4 is 4.89 Å². The Morgan fingerprint density at radius 3 is 1.37 bits per heavy atom. The van der Waals surface area contributed by atoms with Gasteiger partial charge in [0.25, 0.3) is 7.82 Å². The van der Waals surface area contributed by atoms with Crippen molar-refractivity contribution in [2.75, 3.05) is 47.5 Å². The van der Waals surface area contributed by atoms with E-state index >= 15 is 0 Å². The summed E-state index contributed by atoms with van der Waals surface area (Å²) in [5, 5.41) is 0. The summed E-state index contributed by atoms with van der Waals surface area (Å²) in [7, 11) is 1.15. The van der Waals surface area contributed by atoms with Crippen LogP contribution in [0, 0.1) is 0 Å². The fourth-order valence-electron chi connectivity index (χ4n) is 6.52. The number of quaternary nitrogens is 1. The van der Waals surface area contributed by atoms with E-state index in [1.807, 2.05) is 21.1 Å². The van der Waals surface area contributed by atoms with Crippen molar-refractivity contribution in [2.45, 2.75) is 213 Å². The number of nitrogens with zero attached hydrogens (tertiary/aromatic N) is 1. The largest absolute Gasteiger partial charge is 0.756 e. The molecule has 0 rings (SSSR count). The number of phosphoric acid groups is 1. The van der Waals surface area contributed by atoms with E-state index in [0.717, 1.165) is 57.8 Å². The molecule has 0 bridgehead atoms. The number of ether oxygens (including phenoxy) is 2. The molecule has 2 atom stereocenters. The summed E-state index contributed by atoms with van der Waals surface area (Å²) in [5.74, 6) is -0.865. The Morgan fingerprint density at radius 1 is 0.517 bits per heavy atom. The Balaban J connectivity index is 4.35. The third-order valence-electron chi connectivity index (χ3n) is 10.4. The van der Waals surface area contributed by atoms with Crippen LogP contribution in [0.2, 0.25) is 0 Å². The number of carbonyl (C=O) groups excluding carboxylic acids is 2. The summed E-state index contributed by atoms with van der Waals surface area (Å²) in [6.07, 6.45) is 49.9. The van der Waals surface area contributed by atoms with Gasteiger partial charge in [-0.05, 0) is 57.8 Å². The zero-order valence-corrected chi connectivity index (χ0v) is 40.3. The molecule has 0 saturated heterocycles. The minimum Gasteiger partial charge on any atom is -0.756 e. The van der Waals surface area contributed by atoms with Crippen LogP contribution in [0.3, 0.4) is 0 Å². The van der Waals surface area contributed by atoms with Gasteiger partial charge in [-0.2, -0.15) is 0 Å². The molecule has 10 heteroatoms. The Hall–Kier alpha value is -2.03. The minimum absolute atomic E-state index is 0.0363. The number of allylic oxidation sites excluding steroid dienone is 8. The number of phosphoric ester groups is 1. The van der Waals surface area contributed by atoms with Crippen LogP contribution in [-0.4, -0.2) is 70.0 Å². The molecule has 0 aromatic carbocycles. The van der Waals surface area contributed by atoms with Crippen LogP contribution in [0.25, 0.3) is 0 Å². The van der Waals surface area contributed by atoms with E-state index in [1.54, 1.807) is 0 Å². The Morgan fingerprint density at radius 2 is 0.900 bits per heavy atom. The first kappa shape index (κ1) is 58.0. The standard InChI is InChI=1S/C50H92NO8P/c1-6-8-10-12-14-16-18-20-22-24-25-27-28-30-32-34-36-38-40-42-49(52)56-46-48(47-58-60(54,55)57-45-44-51(3,4)5)59-50(53)43-41-39-37-35-33-31-29-26-23-21-19-17-15-13-11-9-7-2/h14,16,20,22,25,27,30,32,48H,6-13,15,17-19,21,23-24,26,28-29,31,33-47H2,1-5H3/b16-14-,22-20-,27-25-,32-30-/t48-/m1/s1. The summed E-state index contributed by atoms with van der Waals surface area (Å²) >= 11 is 0. The van der Waals surface area contributed by atoms with Crippen molar-refractivity contribution in [3.63, 3.8) is 0 Å². The van der Waals surface area contributed by atoms with Crippen LogP contribution in [0.5, 0.6) is 0 Å². The first-order chi connectivity index (χ1) is 29.0. The second kappa shape index (κ2) is 42.3. The van der Waals surface area contributed by atoms with Crippen LogP contribution in [0.15, 0.2) is 48.6 Å². The number of hydrogen-bond acceptors (Lipinski definition) is 8. The van der Waals surface area contributed by atoms with Crippen LogP contribution in [-0.2, 0) is 32.7 Å². The number of hydrogen-bond donors (Lipinski definition) is 0. The van der Waals surface area contributed by atoms with E-state index in [0.29, 0.717) is 23.9 Å². The van der Waals surface area contributed by atoms with Gasteiger partial charge in [0.05, 0.1) is 27.7 Å². The number of carbonyl (C=O) groups is 2. The Bertz CT molecular complexity index is 1160. The maximum absolute atomic E-state index is 12.7. The SMILES string of the molecule is CCCCC/C=C\C/C=C\C/C=C\C/C=C\CCCCCC(=O)OC[C@H](COP(=O)([O-])OCC[N+](C)(C)C)OC(=O)CCCCCCCCCCCCCCCCCCC. The highest BCUT2D eigenvalue weighted by atomic mass is 31.2. The molecule has 0 aromatic heterocycles. The summed E-state index contributed by atoms with van der Waals surface area (Å²) in [5.41, 5.74) is 0. The molecule has 0 aliphatic rings. The van der Waals surface area contributed by atoms with E-state index < -0.39 is 32.5 Å². The second-order valence-corrected chi connectivity index (χ2v) is 18.9. The summed E-state index contributed by atoms with van der Waals surface area (Å²) < 4.78 is 34.0. The molecular weight excluding hydrogens is 774 g/mol. The molecule has 0 aromatic rings. The topological polar surface area (TPSA) is 111 Å². The van der Waals surface area contributed by atoms with Gasteiger partial charge in [0, 0.05) is 12.8 Å². The van der Waals surface area contributed by atoms with Crippen molar-refractivity contribution in [1.29, 1.82) is 0 Å². The monoisotopic (exact) mass is 866 g/mol. The lowest BCUT2D eigenvalue weighted by Gasteiger charge is -2.28. The number of likely N-dealkylation sites (N-methyl/N-ethyl adjacent to an activating group) is 1. The fraction of sp³-hybridized carbons (Fsp3) is 0.800. The molecule has 9 nitrogen and oxygen atoms in total. The van der Waals surface area contributed by atoms with E-state index in [9.17, 15) is 19.0 Å². The summed E-state index contributed by atoms with van der Waals surface area (Å²) in [4.78, 5) is 37.6. The molecular formula is C50H92NO8P. The molecule has 0 aliphatic heterocycles. The van der Waals surface area contributed by atoms with E-state index in [-0.39, 0.29) is 26.1 Å². The lowest BCUT2D eigenvalue weighted by atomic mass is 10.0. The smallest absolute Gasteiger partial charge is 0.306 e. The fourth-order valence-corrected chi connectivity index (χ4v) is 7.25. The third-order valence-corrected chi connectivity index (χ3v) is 11.3. The number of esters is 2. The molecule has 1 unspecified atom stereocenters. The van der Waals surface area contributed by atoms with Crippen molar-refractivity contribution in [1.82, 2.24) is 0 Å². The zero-order chi connectivity index (χ0) is 44.3. The molecule has 0 amide bonds. The van der Waals surface area contributed by atoms with Crippen molar-refractivity contribution in [3.05, 3.63) is 48.6 Å². The van der Waals surface area contributed by atoms with Crippen molar-refractivity contribution < 1.29 is 42.1 Å². The van der Waals surface area contributed by atoms with Gasteiger partial charge in [-0.15, -0.1) is 0 Å². The molecule has 0 saturated carbocycles. The predicted molar refractivity (Wildman–Crippen MR) is 250 cm³/mol. The van der Waals surface area contributed by atoms with Gasteiger partial charge in [-0.3, -0.25) is 14.2 Å². The molecule has 0 radical (unpaired) electrons. The molecule has 0 N–H and O–H groups in total. The van der Waals surface area contributed by atoms with Gasteiger partial charge in [0.15, 0.2) is 6.10 Å². The lowest BCUT2D eigenvalue weighted by Crippen LogP contribution is -2.37. The maximum Gasteiger partial charge on any atom is 0.306 e. The molecule has 0 aliphatic carbocycles. The second-order valence-electron chi connectivity index (χ2n) is 17.5. The number of unbranched alkanes of at least 4 members (excludes halogenated alkanes) is 22. The number of rotatable bonds is 44. The van der Waals surface area contributed by atoms with Gasteiger partial charge < -0.3 is 27.9 Å². The minimum atomic E-state index is -4.63. The van der Waals surface area contributed by atoms with E-state index in [1.165, 1.54) is 109 Å². The summed E-state index contributed by atoms with van der Waals surface area (Å²) in [6.45, 7) is 4.18. The third kappa shape index (κ3) is 45.5. The normalized spacial score (nSPS) is 13.9. The van der Waals surface area contributed by atoms with Gasteiger partial charge in [-0.25, -0.2) is 0 Å². The maximum atomic E-state index is 12.7. The average molecular weight is 866 g/mol. The lowest BCUT2D eigenvalue weighted by molar-refractivity contribution is -0.870. The molecule has 60 heavy (non-hydrogen) atoms. The van der Waals surface area contributed by atoms with Crippen molar-refractivity contribution in [2.24, 2.45) is 0 Å². The van der Waals surface area contributed by atoms with Crippen LogP contribution in [0.4, 0.5) is 0 Å². The average Bonchev–Trinajstić information content (AvgIpc) is 3.20. The van der Waals surface area contributed by atoms with Crippen LogP contribution >= 0.6 is 7.82 Å². The van der Waals surface area contributed by atoms with Crippen molar-refractivity contribution >= 4 is 19.8 Å². The molecule has 350 valence electrons. The van der Waals surface area contributed by atoms with Gasteiger partial charge in [0.1, 0.15) is 19.8 Å². The quantitative estimate of drug-likeness (QED) is 0.0196.